The van der Waals surface area contributed by atoms with Gasteiger partial charge in [-0.3, -0.25) is 4.79 Å². The summed E-state index contributed by atoms with van der Waals surface area (Å²) >= 11 is 1.72. The highest BCUT2D eigenvalue weighted by Crippen LogP contribution is 2.26. The number of nitrogens with one attached hydrogen (secondary N) is 1. The molecule has 1 amide bonds. The minimum absolute atomic E-state index is 0.0469. The number of benzene rings is 1. The van der Waals surface area contributed by atoms with E-state index in [4.69, 9.17) is 5.11 Å². The summed E-state index contributed by atoms with van der Waals surface area (Å²) in [7, 11) is 0. The number of carbonyl (C=O) groups excluding carboxylic acids is 1. The second-order valence-electron chi connectivity index (χ2n) is 5.09. The largest absolute Gasteiger partial charge is 0.478 e. The van der Waals surface area contributed by atoms with Crippen LogP contribution in [0.4, 0.5) is 5.69 Å². The number of hydrogen-bond acceptors (Lipinski definition) is 3. The Morgan fingerprint density at radius 1 is 1.38 bits per heavy atom. The number of aryl methyl sites for hydroxylation is 1. The van der Waals surface area contributed by atoms with Crippen molar-refractivity contribution < 1.29 is 14.7 Å². The molecule has 0 bridgehead atoms. The van der Waals surface area contributed by atoms with E-state index in [1.165, 1.54) is 6.42 Å². The van der Waals surface area contributed by atoms with Crippen molar-refractivity contribution in [2.24, 2.45) is 0 Å². The maximum absolute atomic E-state index is 12.2. The summed E-state index contributed by atoms with van der Waals surface area (Å²) in [5.41, 5.74) is 2.53. The van der Waals surface area contributed by atoms with Crippen LogP contribution >= 0.6 is 11.8 Å². The first kappa shape index (κ1) is 15.6. The summed E-state index contributed by atoms with van der Waals surface area (Å²) in [5.74, 6) is 0.143. The zero-order valence-electron chi connectivity index (χ0n) is 12.0. The maximum Gasteiger partial charge on any atom is 0.328 e. The van der Waals surface area contributed by atoms with Crippen LogP contribution < -0.4 is 5.32 Å². The average molecular weight is 305 g/mol. The van der Waals surface area contributed by atoms with Crippen molar-refractivity contribution in [3.63, 3.8) is 0 Å². The zero-order chi connectivity index (χ0) is 15.2. The molecule has 4 nitrogen and oxygen atoms in total. The quantitative estimate of drug-likeness (QED) is 0.838. The third-order valence-corrected chi connectivity index (χ3v) is 4.79. The van der Waals surface area contributed by atoms with Crippen LogP contribution in [-0.4, -0.2) is 28.0 Å². The van der Waals surface area contributed by atoms with Crippen molar-refractivity contribution in [3.05, 3.63) is 35.4 Å². The van der Waals surface area contributed by atoms with Crippen LogP contribution in [0, 0.1) is 6.92 Å². The van der Waals surface area contributed by atoms with Crippen molar-refractivity contribution in [1.29, 1.82) is 0 Å². The number of amides is 1. The van der Waals surface area contributed by atoms with Crippen molar-refractivity contribution in [1.82, 2.24) is 0 Å². The van der Waals surface area contributed by atoms with Gasteiger partial charge < -0.3 is 10.4 Å². The van der Waals surface area contributed by atoms with E-state index >= 15 is 0 Å². The minimum atomic E-state index is -0.971. The molecule has 1 aliphatic heterocycles. The molecule has 0 spiro atoms. The molecule has 2 N–H and O–H groups in total. The molecule has 5 heteroatoms. The van der Waals surface area contributed by atoms with Gasteiger partial charge in [0, 0.05) is 11.8 Å². The van der Waals surface area contributed by atoms with E-state index in [-0.39, 0.29) is 11.2 Å². The van der Waals surface area contributed by atoms with Gasteiger partial charge in [-0.25, -0.2) is 4.79 Å². The second-order valence-corrected chi connectivity index (χ2v) is 6.40. The Bertz CT molecular complexity index is 563. The first-order valence-electron chi connectivity index (χ1n) is 7.00. The lowest BCUT2D eigenvalue weighted by atomic mass is 10.1. The average Bonchev–Trinajstić information content (AvgIpc) is 2.47. The Kier molecular flexibility index (Phi) is 5.44. The number of aliphatic carboxylic acids is 1. The Labute approximate surface area is 128 Å². The Morgan fingerprint density at radius 2 is 2.19 bits per heavy atom. The molecule has 1 saturated heterocycles. The van der Waals surface area contributed by atoms with Gasteiger partial charge in [-0.15, -0.1) is 11.8 Å². The van der Waals surface area contributed by atoms with E-state index in [1.54, 1.807) is 23.9 Å². The summed E-state index contributed by atoms with van der Waals surface area (Å²) < 4.78 is 0. The minimum Gasteiger partial charge on any atom is -0.478 e. The number of carboxylic acids is 1. The molecular formula is C16H19NO3S. The molecule has 21 heavy (non-hydrogen) atoms. The summed E-state index contributed by atoms with van der Waals surface area (Å²) in [6.45, 7) is 1.90. The molecule has 1 unspecified atom stereocenters. The standard InChI is InChI=1S/C16H19NO3S/c1-11-10-13(7-5-12(11)6-8-15(18)19)17-16(20)14-4-2-3-9-21-14/h5-8,10,14H,2-4,9H2,1H3,(H,17,20)(H,18,19)/b8-6+. The van der Waals surface area contributed by atoms with Gasteiger partial charge in [0.1, 0.15) is 0 Å². The summed E-state index contributed by atoms with van der Waals surface area (Å²) in [6.07, 6.45) is 5.91. The topological polar surface area (TPSA) is 66.4 Å². The molecule has 0 radical (unpaired) electrons. The van der Waals surface area contributed by atoms with Gasteiger partial charge in [-0.1, -0.05) is 12.5 Å². The van der Waals surface area contributed by atoms with E-state index in [2.05, 4.69) is 5.32 Å². The molecule has 1 fully saturated rings. The number of thioether (sulfide) groups is 1. The smallest absolute Gasteiger partial charge is 0.328 e. The van der Waals surface area contributed by atoms with E-state index in [1.807, 2.05) is 19.1 Å². The maximum atomic E-state index is 12.2. The predicted molar refractivity (Wildman–Crippen MR) is 86.6 cm³/mol. The van der Waals surface area contributed by atoms with Crippen molar-refractivity contribution in [2.45, 2.75) is 31.4 Å². The zero-order valence-corrected chi connectivity index (χ0v) is 12.8. The van der Waals surface area contributed by atoms with Gasteiger partial charge in [0.15, 0.2) is 0 Å². The summed E-state index contributed by atoms with van der Waals surface area (Å²) in [4.78, 5) is 22.7. The van der Waals surface area contributed by atoms with Crippen molar-refractivity contribution in [2.75, 3.05) is 11.1 Å². The fourth-order valence-electron chi connectivity index (χ4n) is 2.27. The van der Waals surface area contributed by atoms with E-state index in [9.17, 15) is 9.59 Å². The SMILES string of the molecule is Cc1cc(NC(=O)C2CCCCS2)ccc1/C=C/C(=O)O. The number of carbonyl (C=O) groups is 2. The van der Waals surface area contributed by atoms with E-state index < -0.39 is 5.97 Å². The number of anilines is 1. The second kappa shape index (κ2) is 7.31. The van der Waals surface area contributed by atoms with Crippen LogP contribution in [0.1, 0.15) is 30.4 Å². The molecule has 1 aromatic carbocycles. The van der Waals surface area contributed by atoms with Gasteiger partial charge in [-0.2, -0.15) is 0 Å². The number of hydrogen-bond donors (Lipinski definition) is 2. The van der Waals surface area contributed by atoms with E-state index in [0.717, 1.165) is 41.5 Å². The highest BCUT2D eigenvalue weighted by molar-refractivity contribution is 8.00. The number of carboxylic acid groups (broad SMARTS) is 1. The first-order chi connectivity index (χ1) is 10.1. The normalized spacial score (nSPS) is 18.6. The van der Waals surface area contributed by atoms with Crippen LogP contribution in [0.3, 0.4) is 0 Å². The molecular weight excluding hydrogens is 286 g/mol. The summed E-state index contributed by atoms with van der Waals surface area (Å²) in [6, 6.07) is 5.49. The van der Waals surface area contributed by atoms with Gasteiger partial charge in [0.2, 0.25) is 5.91 Å². The molecule has 1 atom stereocenters. The third-order valence-electron chi connectivity index (χ3n) is 3.41. The van der Waals surface area contributed by atoms with Crippen LogP contribution in [-0.2, 0) is 9.59 Å². The lowest BCUT2D eigenvalue weighted by Gasteiger charge is -2.20. The van der Waals surface area contributed by atoms with Gasteiger partial charge in [0.25, 0.3) is 0 Å². The van der Waals surface area contributed by atoms with Crippen LogP contribution in [0.2, 0.25) is 0 Å². The van der Waals surface area contributed by atoms with Crippen molar-refractivity contribution in [3.8, 4) is 0 Å². The molecule has 2 rings (SSSR count). The van der Waals surface area contributed by atoms with Gasteiger partial charge in [0.05, 0.1) is 5.25 Å². The fourth-order valence-corrected chi connectivity index (χ4v) is 3.47. The van der Waals surface area contributed by atoms with Crippen LogP contribution in [0.15, 0.2) is 24.3 Å². The third kappa shape index (κ3) is 4.63. The lowest BCUT2D eigenvalue weighted by molar-refractivity contribution is -0.131. The fraction of sp³-hybridized carbons (Fsp3) is 0.375. The molecule has 1 aromatic rings. The summed E-state index contributed by atoms with van der Waals surface area (Å²) in [5, 5.41) is 11.6. The molecule has 1 aliphatic rings. The molecule has 112 valence electrons. The molecule has 0 aromatic heterocycles. The van der Waals surface area contributed by atoms with Crippen LogP contribution in [0.25, 0.3) is 6.08 Å². The highest BCUT2D eigenvalue weighted by atomic mass is 32.2. The molecule has 0 aliphatic carbocycles. The van der Waals surface area contributed by atoms with E-state index in [0.29, 0.717) is 0 Å². The highest BCUT2D eigenvalue weighted by Gasteiger charge is 2.21. The monoisotopic (exact) mass is 305 g/mol. The number of rotatable bonds is 4. The van der Waals surface area contributed by atoms with Crippen molar-refractivity contribution >= 4 is 35.4 Å². The molecule has 0 saturated carbocycles. The lowest BCUT2D eigenvalue weighted by Crippen LogP contribution is -2.27. The van der Waals surface area contributed by atoms with Gasteiger partial charge >= 0.3 is 5.97 Å². The first-order valence-corrected chi connectivity index (χ1v) is 8.05. The molecule has 1 heterocycles. The van der Waals surface area contributed by atoms with Gasteiger partial charge in [-0.05, 0) is 54.9 Å². The Balaban J connectivity index is 2.02. The Morgan fingerprint density at radius 3 is 2.81 bits per heavy atom. The van der Waals surface area contributed by atoms with Crippen LogP contribution in [0.5, 0.6) is 0 Å². The predicted octanol–water partition coefficient (Wildman–Crippen LogP) is 3.32. The Hall–Kier alpha value is -1.75.